The van der Waals surface area contributed by atoms with Crippen molar-refractivity contribution in [3.8, 4) is 11.5 Å². The molecular weight excluding hydrogens is 202 g/mol. The monoisotopic (exact) mass is 221 g/mol. The molecular formula is C13H19NO2. The zero-order chi connectivity index (χ0) is 11.4. The summed E-state index contributed by atoms with van der Waals surface area (Å²) in [4.78, 5) is 0. The van der Waals surface area contributed by atoms with E-state index in [0.29, 0.717) is 17.4 Å². The molecule has 0 spiro atoms. The van der Waals surface area contributed by atoms with Crippen molar-refractivity contribution in [1.82, 2.24) is 5.32 Å². The molecule has 3 nitrogen and oxygen atoms in total. The normalized spacial score (nSPS) is 17.3. The molecule has 0 atom stereocenters. The molecule has 0 unspecified atom stereocenters. The van der Waals surface area contributed by atoms with Gasteiger partial charge in [-0.1, -0.05) is 6.07 Å². The van der Waals surface area contributed by atoms with E-state index >= 15 is 0 Å². The van der Waals surface area contributed by atoms with Crippen LogP contribution in [-0.4, -0.2) is 25.3 Å². The summed E-state index contributed by atoms with van der Waals surface area (Å²) < 4.78 is 5.07. The second kappa shape index (κ2) is 5.21. The lowest BCUT2D eigenvalue weighted by atomic mass is 9.90. The Kier molecular flexibility index (Phi) is 3.67. The lowest BCUT2D eigenvalue weighted by Crippen LogP contribution is -2.28. The summed E-state index contributed by atoms with van der Waals surface area (Å²) in [6.07, 6.45) is 3.37. The van der Waals surface area contributed by atoms with Gasteiger partial charge in [-0.25, -0.2) is 0 Å². The van der Waals surface area contributed by atoms with Crippen molar-refractivity contribution in [2.45, 2.75) is 19.3 Å². The van der Waals surface area contributed by atoms with E-state index in [2.05, 4.69) is 5.32 Å². The fourth-order valence-electron chi connectivity index (χ4n) is 2.24. The summed E-state index contributed by atoms with van der Waals surface area (Å²) in [6, 6.07) is 5.57. The zero-order valence-electron chi connectivity index (χ0n) is 9.70. The second-order valence-corrected chi connectivity index (χ2v) is 4.39. The fraction of sp³-hybridized carbons (Fsp3) is 0.538. The third-order valence-corrected chi connectivity index (χ3v) is 3.26. The third kappa shape index (κ3) is 2.67. The Morgan fingerprint density at radius 2 is 2.12 bits per heavy atom. The molecule has 2 N–H and O–H groups in total. The second-order valence-electron chi connectivity index (χ2n) is 4.39. The van der Waals surface area contributed by atoms with Crippen LogP contribution in [0.15, 0.2) is 18.2 Å². The summed E-state index contributed by atoms with van der Waals surface area (Å²) >= 11 is 0. The molecule has 1 aliphatic heterocycles. The van der Waals surface area contributed by atoms with E-state index in [9.17, 15) is 5.11 Å². The van der Waals surface area contributed by atoms with Gasteiger partial charge in [0.1, 0.15) is 11.5 Å². The Bertz CT molecular complexity index is 346. The van der Waals surface area contributed by atoms with Crippen molar-refractivity contribution in [3.63, 3.8) is 0 Å². The molecule has 1 heterocycles. The first-order valence-electron chi connectivity index (χ1n) is 5.86. The van der Waals surface area contributed by atoms with Crippen molar-refractivity contribution >= 4 is 0 Å². The van der Waals surface area contributed by atoms with E-state index in [0.717, 1.165) is 25.1 Å². The van der Waals surface area contributed by atoms with Gasteiger partial charge in [0.2, 0.25) is 0 Å². The summed E-state index contributed by atoms with van der Waals surface area (Å²) in [7, 11) is 1.61. The standard InChI is InChI=1S/C13H19NO2/c1-16-12-3-2-11(13(15)9-12)8-10-4-6-14-7-5-10/h2-3,9-10,14-15H,4-8H2,1H3. The van der Waals surface area contributed by atoms with Gasteiger partial charge in [0, 0.05) is 6.07 Å². The van der Waals surface area contributed by atoms with Gasteiger partial charge in [0.25, 0.3) is 0 Å². The number of benzene rings is 1. The molecule has 88 valence electrons. The molecule has 1 saturated heterocycles. The van der Waals surface area contributed by atoms with Crippen LogP contribution in [0.2, 0.25) is 0 Å². The SMILES string of the molecule is COc1ccc(CC2CCNCC2)c(O)c1. The number of methoxy groups -OCH3 is 1. The van der Waals surface area contributed by atoms with Gasteiger partial charge in [-0.3, -0.25) is 0 Å². The van der Waals surface area contributed by atoms with Crippen LogP contribution < -0.4 is 10.1 Å². The van der Waals surface area contributed by atoms with E-state index < -0.39 is 0 Å². The molecule has 1 aliphatic rings. The van der Waals surface area contributed by atoms with Gasteiger partial charge in [-0.15, -0.1) is 0 Å². The highest BCUT2D eigenvalue weighted by Gasteiger charge is 2.15. The van der Waals surface area contributed by atoms with Crippen LogP contribution in [0, 0.1) is 5.92 Å². The van der Waals surface area contributed by atoms with Crippen molar-refractivity contribution in [3.05, 3.63) is 23.8 Å². The predicted octanol–water partition coefficient (Wildman–Crippen LogP) is 1.94. The Balaban J connectivity index is 2.03. The minimum absolute atomic E-state index is 0.359. The number of phenolic OH excluding ortho intramolecular Hbond substituents is 1. The van der Waals surface area contributed by atoms with E-state index in [1.54, 1.807) is 13.2 Å². The lowest BCUT2D eigenvalue weighted by Gasteiger charge is -2.22. The highest BCUT2D eigenvalue weighted by molar-refractivity contribution is 5.39. The van der Waals surface area contributed by atoms with Crippen LogP contribution in [0.1, 0.15) is 18.4 Å². The first kappa shape index (κ1) is 11.3. The van der Waals surface area contributed by atoms with Gasteiger partial charge < -0.3 is 15.2 Å². The topological polar surface area (TPSA) is 41.5 Å². The average Bonchev–Trinajstić information content (AvgIpc) is 2.33. The maximum Gasteiger partial charge on any atom is 0.122 e. The Hall–Kier alpha value is -1.22. The number of hydrogen-bond donors (Lipinski definition) is 2. The molecule has 1 aromatic carbocycles. The summed E-state index contributed by atoms with van der Waals surface area (Å²) in [5.74, 6) is 1.77. The summed E-state index contributed by atoms with van der Waals surface area (Å²) in [6.45, 7) is 2.20. The van der Waals surface area contributed by atoms with Crippen molar-refractivity contribution < 1.29 is 9.84 Å². The quantitative estimate of drug-likeness (QED) is 0.819. The third-order valence-electron chi connectivity index (χ3n) is 3.26. The van der Waals surface area contributed by atoms with E-state index in [1.165, 1.54) is 12.8 Å². The van der Waals surface area contributed by atoms with Gasteiger partial charge in [-0.2, -0.15) is 0 Å². The van der Waals surface area contributed by atoms with Crippen LogP contribution in [0.3, 0.4) is 0 Å². The molecule has 0 radical (unpaired) electrons. The van der Waals surface area contributed by atoms with E-state index in [1.807, 2.05) is 12.1 Å². The Morgan fingerprint density at radius 1 is 1.38 bits per heavy atom. The first-order valence-corrected chi connectivity index (χ1v) is 5.86. The smallest absolute Gasteiger partial charge is 0.122 e. The minimum Gasteiger partial charge on any atom is -0.508 e. The zero-order valence-corrected chi connectivity index (χ0v) is 9.70. The number of ether oxygens (including phenoxy) is 1. The molecule has 3 heteroatoms. The van der Waals surface area contributed by atoms with Gasteiger partial charge >= 0.3 is 0 Å². The van der Waals surface area contributed by atoms with E-state index in [4.69, 9.17) is 4.74 Å². The maximum atomic E-state index is 9.86. The van der Waals surface area contributed by atoms with Crippen molar-refractivity contribution in [2.75, 3.05) is 20.2 Å². The number of phenols is 1. The minimum atomic E-state index is 0.359. The Labute approximate surface area is 96.4 Å². The van der Waals surface area contributed by atoms with Crippen LogP contribution in [0.4, 0.5) is 0 Å². The van der Waals surface area contributed by atoms with Crippen LogP contribution in [-0.2, 0) is 6.42 Å². The highest BCUT2D eigenvalue weighted by Crippen LogP contribution is 2.27. The molecule has 0 aliphatic carbocycles. The fourth-order valence-corrected chi connectivity index (χ4v) is 2.24. The molecule has 1 fully saturated rings. The average molecular weight is 221 g/mol. The van der Waals surface area contributed by atoms with Crippen LogP contribution in [0.5, 0.6) is 11.5 Å². The lowest BCUT2D eigenvalue weighted by molar-refractivity contribution is 0.364. The molecule has 0 saturated carbocycles. The van der Waals surface area contributed by atoms with Crippen LogP contribution >= 0.6 is 0 Å². The predicted molar refractivity (Wildman–Crippen MR) is 64.0 cm³/mol. The van der Waals surface area contributed by atoms with Crippen LogP contribution in [0.25, 0.3) is 0 Å². The largest absolute Gasteiger partial charge is 0.508 e. The highest BCUT2D eigenvalue weighted by atomic mass is 16.5. The maximum absolute atomic E-state index is 9.86. The van der Waals surface area contributed by atoms with Crippen molar-refractivity contribution in [1.29, 1.82) is 0 Å². The van der Waals surface area contributed by atoms with Gasteiger partial charge in [0.15, 0.2) is 0 Å². The first-order chi connectivity index (χ1) is 7.79. The summed E-state index contributed by atoms with van der Waals surface area (Å²) in [5, 5.41) is 13.2. The molecule has 0 bridgehead atoms. The molecule has 16 heavy (non-hydrogen) atoms. The molecule has 1 aromatic rings. The number of nitrogens with one attached hydrogen (secondary N) is 1. The van der Waals surface area contributed by atoms with Gasteiger partial charge in [-0.05, 0) is 49.9 Å². The number of piperidine rings is 1. The van der Waals surface area contributed by atoms with Gasteiger partial charge in [0.05, 0.1) is 7.11 Å². The number of hydrogen-bond acceptors (Lipinski definition) is 3. The number of rotatable bonds is 3. The van der Waals surface area contributed by atoms with Crippen molar-refractivity contribution in [2.24, 2.45) is 5.92 Å². The summed E-state index contributed by atoms with van der Waals surface area (Å²) in [5.41, 5.74) is 1.03. The molecule has 2 rings (SSSR count). The molecule has 0 amide bonds. The van der Waals surface area contributed by atoms with E-state index in [-0.39, 0.29) is 0 Å². The molecule has 0 aromatic heterocycles. The number of aromatic hydroxyl groups is 1. The Morgan fingerprint density at radius 3 is 2.75 bits per heavy atom.